The highest BCUT2D eigenvalue weighted by Crippen LogP contribution is 2.43. The molecule has 0 aliphatic rings. The summed E-state index contributed by atoms with van der Waals surface area (Å²) in [5.41, 5.74) is 5.33. The van der Waals surface area contributed by atoms with Crippen molar-refractivity contribution in [1.82, 2.24) is 0 Å². The molecular weight excluding hydrogens is 705 g/mol. The highest BCUT2D eigenvalue weighted by molar-refractivity contribution is 7.47. The molecular formula is C43H72NO9P. The number of carbonyl (C=O) groups is 3. The zero-order valence-electron chi connectivity index (χ0n) is 33.4. The summed E-state index contributed by atoms with van der Waals surface area (Å²) in [6.45, 7) is 3.40. The third-order valence-electron chi connectivity index (χ3n) is 8.04. The van der Waals surface area contributed by atoms with Crippen LogP contribution in [-0.4, -0.2) is 55.1 Å². The van der Waals surface area contributed by atoms with Crippen molar-refractivity contribution in [2.75, 3.05) is 26.4 Å². The molecule has 0 aromatic carbocycles. The van der Waals surface area contributed by atoms with Crippen LogP contribution < -0.4 is 5.73 Å². The van der Waals surface area contributed by atoms with Crippen LogP contribution in [0.4, 0.5) is 0 Å². The molecule has 11 heteroatoms. The fraction of sp³-hybridized carbons (Fsp3) is 0.651. The summed E-state index contributed by atoms with van der Waals surface area (Å²) in [6.07, 6.45) is 42.0. The maximum Gasteiger partial charge on any atom is 0.472 e. The van der Waals surface area contributed by atoms with Gasteiger partial charge in [0, 0.05) is 25.8 Å². The van der Waals surface area contributed by atoms with Crippen molar-refractivity contribution in [2.45, 2.75) is 155 Å². The molecule has 1 unspecified atom stereocenters. The Labute approximate surface area is 327 Å². The van der Waals surface area contributed by atoms with Crippen LogP contribution in [0, 0.1) is 0 Å². The number of unbranched alkanes of at least 4 members (excludes halogenated alkanes) is 11. The summed E-state index contributed by atoms with van der Waals surface area (Å²) < 4.78 is 32.6. The zero-order chi connectivity index (χ0) is 39.8. The second kappa shape index (κ2) is 38.4. The maximum atomic E-state index is 12.5. The first kappa shape index (κ1) is 51.1. The lowest BCUT2D eigenvalue weighted by Gasteiger charge is -2.19. The molecule has 0 amide bonds. The van der Waals surface area contributed by atoms with Crippen LogP contribution in [-0.2, 0) is 37.5 Å². The summed E-state index contributed by atoms with van der Waals surface area (Å²) in [7, 11) is -4.41. The predicted octanol–water partition coefficient (Wildman–Crippen LogP) is 10.7. The van der Waals surface area contributed by atoms with Crippen molar-refractivity contribution in [3.63, 3.8) is 0 Å². The van der Waals surface area contributed by atoms with Crippen molar-refractivity contribution in [3.8, 4) is 0 Å². The lowest BCUT2D eigenvalue weighted by Crippen LogP contribution is -2.29. The molecule has 0 rings (SSSR count). The van der Waals surface area contributed by atoms with E-state index in [0.717, 1.165) is 77.0 Å². The Morgan fingerprint density at radius 1 is 0.611 bits per heavy atom. The van der Waals surface area contributed by atoms with Crippen LogP contribution in [0.5, 0.6) is 0 Å². The molecule has 0 fully saturated rings. The highest BCUT2D eigenvalue weighted by Gasteiger charge is 2.25. The number of phosphoric ester groups is 1. The lowest BCUT2D eigenvalue weighted by molar-refractivity contribution is -0.161. The smallest absolute Gasteiger partial charge is 0.462 e. The Morgan fingerprint density at radius 2 is 1.15 bits per heavy atom. The molecule has 0 aromatic rings. The summed E-state index contributed by atoms with van der Waals surface area (Å²) in [4.78, 5) is 46.5. The summed E-state index contributed by atoms with van der Waals surface area (Å²) in [5, 5.41) is 0. The molecule has 3 N–H and O–H groups in total. The van der Waals surface area contributed by atoms with Gasteiger partial charge in [-0.1, -0.05) is 126 Å². The van der Waals surface area contributed by atoms with Crippen LogP contribution in [0.1, 0.15) is 149 Å². The van der Waals surface area contributed by atoms with Crippen molar-refractivity contribution in [1.29, 1.82) is 0 Å². The molecule has 0 radical (unpaired) electrons. The molecule has 0 bridgehead atoms. The SMILES string of the molecule is CCCCC/C=C\C/C=C\C/C=C\C/C=C\CCCC(=O)O[C@H](COC(=O)CCCCCCC/C=C\C=C\C(=O)CCCCC)COP(=O)(O)OCCN. The van der Waals surface area contributed by atoms with Gasteiger partial charge in [-0.05, 0) is 76.7 Å². The first-order valence-corrected chi connectivity index (χ1v) is 21.9. The Morgan fingerprint density at radius 3 is 1.81 bits per heavy atom. The van der Waals surface area contributed by atoms with E-state index < -0.39 is 32.5 Å². The molecule has 0 aliphatic carbocycles. The molecule has 308 valence electrons. The second-order valence-corrected chi connectivity index (χ2v) is 14.6. The van der Waals surface area contributed by atoms with E-state index in [2.05, 4.69) is 62.5 Å². The van der Waals surface area contributed by atoms with Crippen LogP contribution in [0.2, 0.25) is 0 Å². The van der Waals surface area contributed by atoms with Crippen molar-refractivity contribution in [3.05, 3.63) is 72.9 Å². The van der Waals surface area contributed by atoms with E-state index in [-0.39, 0.29) is 38.4 Å². The summed E-state index contributed by atoms with van der Waals surface area (Å²) in [6, 6.07) is 0. The molecule has 0 aromatic heterocycles. The number of ketones is 1. The van der Waals surface area contributed by atoms with E-state index in [9.17, 15) is 23.8 Å². The maximum absolute atomic E-state index is 12.5. The van der Waals surface area contributed by atoms with Gasteiger partial charge in [-0.3, -0.25) is 23.4 Å². The number of hydrogen-bond donors (Lipinski definition) is 2. The third kappa shape index (κ3) is 37.4. The van der Waals surface area contributed by atoms with Gasteiger partial charge in [-0.25, -0.2) is 4.57 Å². The van der Waals surface area contributed by atoms with Gasteiger partial charge in [-0.2, -0.15) is 0 Å². The Kier molecular flexibility index (Phi) is 36.3. The van der Waals surface area contributed by atoms with Crippen LogP contribution in [0.25, 0.3) is 0 Å². The monoisotopic (exact) mass is 777 g/mol. The quantitative estimate of drug-likeness (QED) is 0.0156. The van der Waals surface area contributed by atoms with E-state index in [1.807, 2.05) is 18.2 Å². The molecule has 2 atom stereocenters. The number of ether oxygens (including phenoxy) is 2. The lowest BCUT2D eigenvalue weighted by atomic mass is 10.1. The fourth-order valence-electron chi connectivity index (χ4n) is 4.96. The number of allylic oxidation sites excluding steroid dienone is 12. The van der Waals surface area contributed by atoms with Gasteiger partial charge in [0.25, 0.3) is 0 Å². The third-order valence-corrected chi connectivity index (χ3v) is 9.03. The first-order valence-electron chi connectivity index (χ1n) is 20.4. The normalized spacial score (nSPS) is 14.0. The van der Waals surface area contributed by atoms with Gasteiger partial charge in [0.2, 0.25) is 0 Å². The van der Waals surface area contributed by atoms with Crippen molar-refractivity contribution < 1.29 is 42.4 Å². The standard InChI is InChI=1S/C43H72NO9P/c1-3-5-7-8-9-10-11-12-13-14-15-16-17-20-24-27-31-35-43(47)53-41(39-52-54(48,49)51-37-36-44)38-50-42(46)34-30-26-23-21-18-19-22-25-29-33-40(45)32-28-6-4-2/h9-10,12-13,15-16,20,22,24-25,29,33,41H,3-8,11,14,17-19,21,23,26-28,30-32,34-39,44H2,1-2H3,(H,48,49)/b10-9-,13-12-,16-15-,24-20-,25-22-,33-29+/t41-/m1/s1. The topological polar surface area (TPSA) is 151 Å². The minimum Gasteiger partial charge on any atom is -0.462 e. The highest BCUT2D eigenvalue weighted by atomic mass is 31.2. The van der Waals surface area contributed by atoms with Gasteiger partial charge in [0.1, 0.15) is 6.61 Å². The molecule has 0 saturated heterocycles. The van der Waals surface area contributed by atoms with Crippen molar-refractivity contribution in [2.24, 2.45) is 5.73 Å². The molecule has 0 spiro atoms. The van der Waals surface area contributed by atoms with E-state index >= 15 is 0 Å². The molecule has 0 aliphatic heterocycles. The van der Waals surface area contributed by atoms with E-state index in [1.54, 1.807) is 6.08 Å². The number of hydrogen-bond acceptors (Lipinski definition) is 9. The Bertz CT molecular complexity index is 1180. The summed E-state index contributed by atoms with van der Waals surface area (Å²) in [5.74, 6) is -0.792. The fourth-order valence-corrected chi connectivity index (χ4v) is 5.72. The van der Waals surface area contributed by atoms with E-state index in [0.29, 0.717) is 25.7 Å². The molecule has 0 saturated carbocycles. The minimum absolute atomic E-state index is 0.0283. The molecule has 0 heterocycles. The van der Waals surface area contributed by atoms with Gasteiger partial charge in [0.15, 0.2) is 11.9 Å². The van der Waals surface area contributed by atoms with Gasteiger partial charge in [-0.15, -0.1) is 0 Å². The van der Waals surface area contributed by atoms with Crippen LogP contribution in [0.3, 0.4) is 0 Å². The van der Waals surface area contributed by atoms with Gasteiger partial charge in [0.05, 0.1) is 13.2 Å². The minimum atomic E-state index is -4.41. The number of carbonyl (C=O) groups excluding carboxylic acids is 3. The van der Waals surface area contributed by atoms with Crippen LogP contribution in [0.15, 0.2) is 72.9 Å². The number of phosphoric acid groups is 1. The predicted molar refractivity (Wildman–Crippen MR) is 220 cm³/mol. The van der Waals surface area contributed by atoms with Gasteiger partial charge >= 0.3 is 19.8 Å². The number of nitrogens with two attached hydrogens (primary N) is 1. The largest absolute Gasteiger partial charge is 0.472 e. The average Bonchev–Trinajstić information content (AvgIpc) is 3.15. The van der Waals surface area contributed by atoms with Gasteiger partial charge < -0.3 is 20.1 Å². The van der Waals surface area contributed by atoms with Crippen molar-refractivity contribution >= 4 is 25.5 Å². The number of esters is 2. The van der Waals surface area contributed by atoms with E-state index in [1.165, 1.54) is 19.3 Å². The molecule has 54 heavy (non-hydrogen) atoms. The first-order chi connectivity index (χ1) is 26.2. The summed E-state index contributed by atoms with van der Waals surface area (Å²) >= 11 is 0. The zero-order valence-corrected chi connectivity index (χ0v) is 34.3. The van der Waals surface area contributed by atoms with Crippen LogP contribution >= 0.6 is 7.82 Å². The van der Waals surface area contributed by atoms with E-state index in [4.69, 9.17) is 24.3 Å². The molecule has 10 nitrogen and oxygen atoms in total. The number of rotatable bonds is 37. The Hall–Kier alpha value is -2.88. The average molecular weight is 778 g/mol. The second-order valence-electron chi connectivity index (χ2n) is 13.2. The Balaban J connectivity index is 4.38.